The van der Waals surface area contributed by atoms with Crippen LogP contribution in [0.5, 0.6) is 0 Å². The number of nitrogens with two attached hydrogens (primary N) is 1. The standard InChI is InChI=1S/C9H12N2O3/c10-6(12)3-5-7(9(14)8(5)13)11-4-1-2-4/h4-5,7,11H,1-3H2,(H2,10,12). The van der Waals surface area contributed by atoms with Crippen LogP contribution in [0.4, 0.5) is 0 Å². The fourth-order valence-corrected chi connectivity index (χ4v) is 1.70. The lowest BCUT2D eigenvalue weighted by molar-refractivity contribution is -0.151. The van der Waals surface area contributed by atoms with Crippen LogP contribution in [0.15, 0.2) is 0 Å². The van der Waals surface area contributed by atoms with E-state index in [0.717, 1.165) is 12.8 Å². The van der Waals surface area contributed by atoms with Crippen LogP contribution in [0, 0.1) is 5.92 Å². The van der Waals surface area contributed by atoms with Crippen molar-refractivity contribution in [2.45, 2.75) is 31.3 Å². The molecule has 2 aliphatic carbocycles. The molecular weight excluding hydrogens is 184 g/mol. The molecule has 0 radical (unpaired) electrons. The summed E-state index contributed by atoms with van der Waals surface area (Å²) < 4.78 is 0. The van der Waals surface area contributed by atoms with E-state index in [0.29, 0.717) is 6.04 Å². The van der Waals surface area contributed by atoms with Crippen LogP contribution >= 0.6 is 0 Å². The quantitative estimate of drug-likeness (QED) is 0.550. The average molecular weight is 196 g/mol. The summed E-state index contributed by atoms with van der Waals surface area (Å²) in [6.45, 7) is 0. The molecule has 2 unspecified atom stereocenters. The summed E-state index contributed by atoms with van der Waals surface area (Å²) in [6, 6.07) is -0.102. The Labute approximate surface area is 81.0 Å². The van der Waals surface area contributed by atoms with Crippen molar-refractivity contribution in [3.05, 3.63) is 0 Å². The van der Waals surface area contributed by atoms with E-state index in [1.165, 1.54) is 0 Å². The second kappa shape index (κ2) is 3.16. The molecule has 0 aliphatic heterocycles. The Hall–Kier alpha value is -1.23. The highest BCUT2D eigenvalue weighted by Crippen LogP contribution is 2.28. The van der Waals surface area contributed by atoms with E-state index in [-0.39, 0.29) is 6.42 Å². The number of ketones is 2. The van der Waals surface area contributed by atoms with Gasteiger partial charge < -0.3 is 11.1 Å². The molecule has 14 heavy (non-hydrogen) atoms. The summed E-state index contributed by atoms with van der Waals surface area (Å²) in [5.74, 6) is -1.90. The first kappa shape index (κ1) is 9.33. The van der Waals surface area contributed by atoms with Crippen LogP contribution in [-0.2, 0) is 14.4 Å². The highest BCUT2D eigenvalue weighted by molar-refractivity contribution is 6.47. The highest BCUT2D eigenvalue weighted by atomic mass is 16.2. The van der Waals surface area contributed by atoms with E-state index in [9.17, 15) is 14.4 Å². The minimum absolute atomic E-state index is 0.0189. The summed E-state index contributed by atoms with van der Waals surface area (Å²) in [5, 5.41) is 3.05. The topological polar surface area (TPSA) is 89.3 Å². The van der Waals surface area contributed by atoms with E-state index in [1.54, 1.807) is 0 Å². The van der Waals surface area contributed by atoms with Gasteiger partial charge >= 0.3 is 0 Å². The van der Waals surface area contributed by atoms with Crippen molar-refractivity contribution in [2.75, 3.05) is 0 Å². The van der Waals surface area contributed by atoms with Gasteiger partial charge in [-0.3, -0.25) is 14.4 Å². The third-order valence-electron chi connectivity index (χ3n) is 2.68. The van der Waals surface area contributed by atoms with Crippen molar-refractivity contribution in [3.8, 4) is 0 Å². The first-order valence-electron chi connectivity index (χ1n) is 4.72. The Morgan fingerprint density at radius 2 is 2.00 bits per heavy atom. The lowest BCUT2D eigenvalue weighted by Crippen LogP contribution is -2.61. The van der Waals surface area contributed by atoms with Crippen molar-refractivity contribution < 1.29 is 14.4 Å². The summed E-state index contributed by atoms with van der Waals surface area (Å²) in [4.78, 5) is 32.9. The van der Waals surface area contributed by atoms with Gasteiger partial charge in [0.15, 0.2) is 0 Å². The molecule has 3 N–H and O–H groups in total. The molecule has 5 nitrogen and oxygen atoms in total. The number of carbonyl (C=O) groups is 3. The van der Waals surface area contributed by atoms with Crippen molar-refractivity contribution in [1.82, 2.24) is 5.32 Å². The Bertz CT molecular complexity index is 309. The highest BCUT2D eigenvalue weighted by Gasteiger charge is 2.50. The van der Waals surface area contributed by atoms with Gasteiger partial charge in [0.2, 0.25) is 17.5 Å². The monoisotopic (exact) mass is 196 g/mol. The molecule has 0 aromatic rings. The van der Waals surface area contributed by atoms with Crippen LogP contribution in [0.25, 0.3) is 0 Å². The summed E-state index contributed by atoms with van der Waals surface area (Å²) in [5.41, 5.74) is 4.99. The second-order valence-corrected chi connectivity index (χ2v) is 3.92. The zero-order chi connectivity index (χ0) is 10.3. The maximum Gasteiger partial charge on any atom is 0.218 e. The van der Waals surface area contributed by atoms with Crippen LogP contribution in [0.2, 0.25) is 0 Å². The molecule has 0 spiro atoms. The number of primary amides is 1. The number of hydrogen-bond acceptors (Lipinski definition) is 4. The summed E-state index contributed by atoms with van der Waals surface area (Å²) in [7, 11) is 0. The molecule has 0 heterocycles. The van der Waals surface area contributed by atoms with Crippen molar-refractivity contribution in [1.29, 1.82) is 0 Å². The van der Waals surface area contributed by atoms with Crippen LogP contribution in [-0.4, -0.2) is 29.6 Å². The molecule has 76 valence electrons. The molecule has 0 aromatic heterocycles. The molecule has 2 atom stereocenters. The molecule has 0 saturated heterocycles. The predicted molar refractivity (Wildman–Crippen MR) is 47.3 cm³/mol. The zero-order valence-corrected chi connectivity index (χ0v) is 7.66. The molecule has 2 saturated carbocycles. The first-order valence-corrected chi connectivity index (χ1v) is 4.72. The molecule has 2 rings (SSSR count). The van der Waals surface area contributed by atoms with E-state index in [1.807, 2.05) is 0 Å². The van der Waals surface area contributed by atoms with E-state index >= 15 is 0 Å². The Morgan fingerprint density at radius 3 is 2.50 bits per heavy atom. The molecule has 5 heteroatoms. The van der Waals surface area contributed by atoms with Gasteiger partial charge in [-0.25, -0.2) is 0 Å². The molecular formula is C9H12N2O3. The maximum atomic E-state index is 11.2. The zero-order valence-electron chi connectivity index (χ0n) is 7.66. The molecule has 0 aromatic carbocycles. The predicted octanol–water partition coefficient (Wildman–Crippen LogP) is -1.25. The van der Waals surface area contributed by atoms with Gasteiger partial charge in [-0.15, -0.1) is 0 Å². The SMILES string of the molecule is NC(=O)CC1C(=O)C(=O)C1NC1CC1. The number of amides is 1. The lowest BCUT2D eigenvalue weighted by Gasteiger charge is -2.33. The van der Waals surface area contributed by atoms with E-state index < -0.39 is 29.4 Å². The number of nitrogens with one attached hydrogen (secondary N) is 1. The van der Waals surface area contributed by atoms with Gasteiger partial charge in [-0.05, 0) is 12.8 Å². The maximum absolute atomic E-state index is 11.2. The van der Waals surface area contributed by atoms with Gasteiger partial charge in [-0.1, -0.05) is 0 Å². The molecule has 2 aliphatic rings. The molecule has 1 amide bonds. The number of hydrogen-bond donors (Lipinski definition) is 2. The average Bonchev–Trinajstić information content (AvgIpc) is 2.93. The normalized spacial score (nSPS) is 31.4. The number of rotatable bonds is 4. The van der Waals surface area contributed by atoms with Gasteiger partial charge in [-0.2, -0.15) is 0 Å². The minimum atomic E-state index is -0.529. The Balaban J connectivity index is 1.95. The van der Waals surface area contributed by atoms with Crippen molar-refractivity contribution in [2.24, 2.45) is 11.7 Å². The van der Waals surface area contributed by atoms with Gasteiger partial charge in [0.1, 0.15) is 0 Å². The third kappa shape index (κ3) is 1.55. The van der Waals surface area contributed by atoms with E-state index in [2.05, 4.69) is 5.32 Å². The van der Waals surface area contributed by atoms with E-state index in [4.69, 9.17) is 5.73 Å². The smallest absolute Gasteiger partial charge is 0.218 e. The Morgan fingerprint density at radius 1 is 1.36 bits per heavy atom. The van der Waals surface area contributed by atoms with Crippen molar-refractivity contribution in [3.63, 3.8) is 0 Å². The summed E-state index contributed by atoms with van der Waals surface area (Å²) >= 11 is 0. The Kier molecular flexibility index (Phi) is 2.11. The van der Waals surface area contributed by atoms with Crippen LogP contribution < -0.4 is 11.1 Å². The largest absolute Gasteiger partial charge is 0.370 e. The molecule has 0 bridgehead atoms. The minimum Gasteiger partial charge on any atom is -0.370 e. The van der Waals surface area contributed by atoms with Crippen molar-refractivity contribution >= 4 is 17.5 Å². The van der Waals surface area contributed by atoms with Gasteiger partial charge in [0.05, 0.1) is 12.0 Å². The van der Waals surface area contributed by atoms with Gasteiger partial charge in [0, 0.05) is 12.5 Å². The first-order chi connectivity index (χ1) is 6.59. The van der Waals surface area contributed by atoms with Gasteiger partial charge in [0.25, 0.3) is 0 Å². The van der Waals surface area contributed by atoms with Crippen LogP contribution in [0.3, 0.4) is 0 Å². The third-order valence-corrected chi connectivity index (χ3v) is 2.68. The fourth-order valence-electron chi connectivity index (χ4n) is 1.70. The fraction of sp³-hybridized carbons (Fsp3) is 0.667. The number of carbonyl (C=O) groups excluding carboxylic acids is 3. The lowest BCUT2D eigenvalue weighted by atomic mass is 9.74. The number of Topliss-reactive ketones (excluding diaryl/α,β-unsaturated/α-hetero) is 2. The molecule has 2 fully saturated rings. The summed E-state index contributed by atoms with van der Waals surface area (Å²) in [6.07, 6.45) is 2.07. The second-order valence-electron chi connectivity index (χ2n) is 3.92. The van der Waals surface area contributed by atoms with Crippen LogP contribution in [0.1, 0.15) is 19.3 Å².